The predicted molar refractivity (Wildman–Crippen MR) is 58.2 cm³/mol. The number of benzene rings is 1. The molecule has 0 atom stereocenters. The molecule has 0 amide bonds. The van der Waals surface area contributed by atoms with E-state index in [-0.39, 0.29) is 0 Å². The summed E-state index contributed by atoms with van der Waals surface area (Å²) in [7, 11) is 1.92. The van der Waals surface area contributed by atoms with E-state index in [2.05, 4.69) is 10.7 Å². The highest BCUT2D eigenvalue weighted by Gasteiger charge is 1.97. The molecule has 0 aliphatic carbocycles. The van der Waals surface area contributed by atoms with Gasteiger partial charge in [0.15, 0.2) is 0 Å². The largest absolute Gasteiger partial charge is 0.316 e. The number of nitrogens with two attached hydrogens (primary N) is 1. The average molecular weight is 195 g/mol. The molecule has 4 N–H and O–H groups in total. The molecule has 0 aliphatic heterocycles. The zero-order valence-corrected chi connectivity index (χ0v) is 8.32. The Labute approximate surface area is 83.3 Å². The van der Waals surface area contributed by atoms with Crippen LogP contribution in [0, 0.1) is 0 Å². The number of thiocarbonyl (C=S) groups is 1. The first-order valence-corrected chi connectivity index (χ1v) is 4.43. The smallest absolute Gasteiger partial charge is 0.120 e. The lowest BCUT2D eigenvalue weighted by molar-refractivity contribution is 0.818. The summed E-state index contributed by atoms with van der Waals surface area (Å²) in [6, 6.07) is 7.95. The third-order valence-electron chi connectivity index (χ3n) is 1.73. The Balaban J connectivity index is 2.75. The minimum absolute atomic E-state index is 0.566. The number of rotatable bonds is 3. The second-order valence-electron chi connectivity index (χ2n) is 2.70. The highest BCUT2D eigenvalue weighted by molar-refractivity contribution is 7.80. The molecule has 1 aromatic rings. The van der Waals surface area contributed by atoms with Crippen molar-refractivity contribution in [3.8, 4) is 0 Å². The first-order chi connectivity index (χ1) is 6.27. The van der Waals surface area contributed by atoms with E-state index in [1.807, 2.05) is 31.3 Å². The minimum atomic E-state index is 0.566. The SMILES string of the molecule is CNCc1ccc(C(=S)NN)cc1. The van der Waals surface area contributed by atoms with E-state index in [1.165, 1.54) is 5.56 Å². The number of hydrogen-bond donors (Lipinski definition) is 3. The fourth-order valence-corrected chi connectivity index (χ4v) is 1.20. The zero-order valence-electron chi connectivity index (χ0n) is 7.50. The number of hydrogen-bond acceptors (Lipinski definition) is 3. The molecule has 70 valence electrons. The van der Waals surface area contributed by atoms with Crippen LogP contribution in [0.25, 0.3) is 0 Å². The number of nitrogens with one attached hydrogen (secondary N) is 2. The summed E-state index contributed by atoms with van der Waals surface area (Å²) < 4.78 is 0. The van der Waals surface area contributed by atoms with Gasteiger partial charge in [0.2, 0.25) is 0 Å². The molecule has 0 spiro atoms. The third-order valence-corrected chi connectivity index (χ3v) is 2.08. The summed E-state index contributed by atoms with van der Waals surface area (Å²) in [5.41, 5.74) is 4.62. The normalized spacial score (nSPS) is 9.69. The maximum Gasteiger partial charge on any atom is 0.120 e. The molecule has 0 saturated carbocycles. The van der Waals surface area contributed by atoms with Gasteiger partial charge in [-0.25, -0.2) is 5.84 Å². The maximum atomic E-state index is 5.20. The average Bonchev–Trinajstić information content (AvgIpc) is 2.18. The first-order valence-electron chi connectivity index (χ1n) is 4.02. The summed E-state index contributed by atoms with van der Waals surface area (Å²) >= 11 is 4.98. The van der Waals surface area contributed by atoms with Crippen molar-refractivity contribution in [3.63, 3.8) is 0 Å². The van der Waals surface area contributed by atoms with E-state index in [1.54, 1.807) is 0 Å². The Morgan fingerprint density at radius 3 is 2.46 bits per heavy atom. The Bertz CT molecular complexity index is 281. The molecule has 0 saturated heterocycles. The standard InChI is InChI=1S/C9H13N3S/c1-11-6-7-2-4-8(5-3-7)9(13)12-10/h2-5,11H,6,10H2,1H3,(H,12,13). The summed E-state index contributed by atoms with van der Waals surface area (Å²) in [6.07, 6.45) is 0. The molecule has 0 aromatic heterocycles. The molecule has 0 fully saturated rings. The Hall–Kier alpha value is -0.970. The van der Waals surface area contributed by atoms with Crippen LogP contribution in [0.1, 0.15) is 11.1 Å². The van der Waals surface area contributed by atoms with Gasteiger partial charge in [-0.15, -0.1) is 0 Å². The Morgan fingerprint density at radius 2 is 2.00 bits per heavy atom. The second kappa shape index (κ2) is 4.91. The van der Waals surface area contributed by atoms with Crippen LogP contribution in [0.15, 0.2) is 24.3 Å². The van der Waals surface area contributed by atoms with Crippen molar-refractivity contribution >= 4 is 17.2 Å². The summed E-state index contributed by atoms with van der Waals surface area (Å²) in [4.78, 5) is 0.566. The van der Waals surface area contributed by atoms with Gasteiger partial charge in [0, 0.05) is 12.1 Å². The minimum Gasteiger partial charge on any atom is -0.316 e. The van der Waals surface area contributed by atoms with E-state index >= 15 is 0 Å². The molecular weight excluding hydrogens is 182 g/mol. The van der Waals surface area contributed by atoms with E-state index in [0.717, 1.165) is 12.1 Å². The first kappa shape index (κ1) is 10.1. The van der Waals surface area contributed by atoms with Gasteiger partial charge in [0.1, 0.15) is 4.99 Å². The van der Waals surface area contributed by atoms with Gasteiger partial charge in [-0.2, -0.15) is 0 Å². The molecule has 1 rings (SSSR count). The van der Waals surface area contributed by atoms with Crippen molar-refractivity contribution in [1.82, 2.24) is 10.7 Å². The summed E-state index contributed by atoms with van der Waals surface area (Å²) in [6.45, 7) is 0.864. The van der Waals surface area contributed by atoms with Crippen LogP contribution in [0.2, 0.25) is 0 Å². The summed E-state index contributed by atoms with van der Waals surface area (Å²) in [5, 5.41) is 3.07. The van der Waals surface area contributed by atoms with Crippen LogP contribution in [-0.4, -0.2) is 12.0 Å². The van der Waals surface area contributed by atoms with Crippen LogP contribution < -0.4 is 16.6 Å². The molecule has 0 radical (unpaired) electrons. The highest BCUT2D eigenvalue weighted by atomic mass is 32.1. The van der Waals surface area contributed by atoms with Crippen LogP contribution in [0.5, 0.6) is 0 Å². The van der Waals surface area contributed by atoms with E-state index < -0.39 is 0 Å². The number of hydrazine groups is 1. The van der Waals surface area contributed by atoms with Gasteiger partial charge in [-0.05, 0) is 12.6 Å². The van der Waals surface area contributed by atoms with Crippen molar-refractivity contribution in [2.45, 2.75) is 6.54 Å². The van der Waals surface area contributed by atoms with Crippen molar-refractivity contribution in [3.05, 3.63) is 35.4 Å². The van der Waals surface area contributed by atoms with E-state index in [4.69, 9.17) is 18.1 Å². The molecule has 0 bridgehead atoms. The molecule has 0 heterocycles. The molecule has 0 aliphatic rings. The highest BCUT2D eigenvalue weighted by Crippen LogP contribution is 2.04. The van der Waals surface area contributed by atoms with Gasteiger partial charge >= 0.3 is 0 Å². The van der Waals surface area contributed by atoms with Crippen LogP contribution in [0.3, 0.4) is 0 Å². The quantitative estimate of drug-likeness (QED) is 0.374. The van der Waals surface area contributed by atoms with E-state index in [9.17, 15) is 0 Å². The Morgan fingerprint density at radius 1 is 1.38 bits per heavy atom. The third kappa shape index (κ3) is 2.77. The lowest BCUT2D eigenvalue weighted by Gasteiger charge is -2.04. The van der Waals surface area contributed by atoms with Gasteiger partial charge in [-0.1, -0.05) is 36.5 Å². The predicted octanol–water partition coefficient (Wildman–Crippen LogP) is 0.545. The van der Waals surface area contributed by atoms with Gasteiger partial charge in [-0.3, -0.25) is 0 Å². The van der Waals surface area contributed by atoms with Crippen molar-refractivity contribution in [1.29, 1.82) is 0 Å². The topological polar surface area (TPSA) is 50.1 Å². The lowest BCUT2D eigenvalue weighted by atomic mass is 10.1. The molecule has 1 aromatic carbocycles. The van der Waals surface area contributed by atoms with Crippen LogP contribution in [-0.2, 0) is 6.54 Å². The second-order valence-corrected chi connectivity index (χ2v) is 3.11. The van der Waals surface area contributed by atoms with Gasteiger partial charge in [0.05, 0.1) is 0 Å². The fourth-order valence-electron chi connectivity index (χ4n) is 1.06. The van der Waals surface area contributed by atoms with E-state index in [0.29, 0.717) is 4.99 Å². The maximum absolute atomic E-state index is 5.20. The zero-order chi connectivity index (χ0) is 9.68. The molecule has 0 unspecified atom stereocenters. The lowest BCUT2D eigenvalue weighted by Crippen LogP contribution is -2.28. The molecular formula is C9H13N3S. The molecule has 4 heteroatoms. The monoisotopic (exact) mass is 195 g/mol. The Kier molecular flexibility index (Phi) is 3.82. The summed E-state index contributed by atoms with van der Waals surface area (Å²) in [5.74, 6) is 5.20. The van der Waals surface area contributed by atoms with Crippen molar-refractivity contribution in [2.75, 3.05) is 7.05 Å². The molecule has 3 nitrogen and oxygen atoms in total. The fraction of sp³-hybridized carbons (Fsp3) is 0.222. The van der Waals surface area contributed by atoms with Crippen molar-refractivity contribution in [2.24, 2.45) is 5.84 Å². The van der Waals surface area contributed by atoms with Crippen LogP contribution >= 0.6 is 12.2 Å². The van der Waals surface area contributed by atoms with Gasteiger partial charge in [0.25, 0.3) is 0 Å². The van der Waals surface area contributed by atoms with Gasteiger partial charge < -0.3 is 10.7 Å². The molecule has 13 heavy (non-hydrogen) atoms. The van der Waals surface area contributed by atoms with Crippen molar-refractivity contribution < 1.29 is 0 Å². The van der Waals surface area contributed by atoms with Crippen LogP contribution in [0.4, 0.5) is 0 Å².